The lowest BCUT2D eigenvalue weighted by Crippen LogP contribution is -1.92. The highest BCUT2D eigenvalue weighted by Crippen LogP contribution is 2.37. The number of nitrogens with one attached hydrogen (secondary N) is 1. The Bertz CT molecular complexity index is 546. The molecule has 0 spiro atoms. The number of hydrogen-bond acceptors (Lipinski definition) is 1. The molecule has 1 heterocycles. The van der Waals surface area contributed by atoms with Gasteiger partial charge in [0.1, 0.15) is 0 Å². The average molecular weight is 204 g/mol. The van der Waals surface area contributed by atoms with E-state index in [9.17, 15) is 0 Å². The topological polar surface area (TPSA) is 20.7 Å². The predicted octanol–water partition coefficient (Wildman–Crippen LogP) is 3.34. The minimum atomic E-state index is 0.651. The Balaban J connectivity index is 2.39. The fraction of sp³-hybridized carbons (Fsp3) is 0.364. The summed E-state index contributed by atoms with van der Waals surface area (Å²) in [6, 6.07) is 7.09. The van der Waals surface area contributed by atoms with Gasteiger partial charge in [-0.1, -0.05) is 6.07 Å². The van der Waals surface area contributed by atoms with Gasteiger partial charge in [-0.15, -0.1) is 0 Å². The quantitative estimate of drug-likeness (QED) is 0.706. The Kier molecular flexibility index (Phi) is 1.59. The maximum Gasteiger partial charge on any atom is 0.178 e. The van der Waals surface area contributed by atoms with Gasteiger partial charge in [0.15, 0.2) is 4.77 Å². The summed E-state index contributed by atoms with van der Waals surface area (Å²) < 4.78 is 3.13. The molecule has 14 heavy (non-hydrogen) atoms. The number of aryl methyl sites for hydroxylation is 1. The molecule has 72 valence electrons. The van der Waals surface area contributed by atoms with Gasteiger partial charge in [-0.05, 0) is 49.7 Å². The summed E-state index contributed by atoms with van der Waals surface area (Å²) >= 11 is 5.32. The normalized spacial score (nSPS) is 16.4. The van der Waals surface area contributed by atoms with Crippen molar-refractivity contribution in [1.29, 1.82) is 0 Å². The number of rotatable bonds is 1. The van der Waals surface area contributed by atoms with E-state index in [1.807, 2.05) is 0 Å². The van der Waals surface area contributed by atoms with E-state index in [0.29, 0.717) is 6.04 Å². The molecule has 1 aromatic heterocycles. The van der Waals surface area contributed by atoms with Gasteiger partial charge in [0, 0.05) is 6.04 Å². The molecule has 2 nitrogen and oxygen atoms in total. The lowest BCUT2D eigenvalue weighted by atomic mass is 10.2. The summed E-state index contributed by atoms with van der Waals surface area (Å²) in [5.74, 6) is 0. The number of nitrogens with zero attached hydrogens (tertiary/aromatic N) is 1. The first kappa shape index (κ1) is 8.24. The SMILES string of the molecule is Cc1ccc2[nH]c(=S)n(C3CC3)c2c1. The molecule has 1 aromatic carbocycles. The third-order valence-electron chi connectivity index (χ3n) is 2.79. The molecule has 1 aliphatic rings. The van der Waals surface area contributed by atoms with Crippen LogP contribution in [-0.2, 0) is 0 Å². The molecule has 0 saturated heterocycles. The maximum atomic E-state index is 5.32. The number of fused-ring (bicyclic) bond motifs is 1. The van der Waals surface area contributed by atoms with E-state index < -0.39 is 0 Å². The second kappa shape index (κ2) is 2.70. The summed E-state index contributed by atoms with van der Waals surface area (Å²) in [6.07, 6.45) is 2.55. The van der Waals surface area contributed by atoms with Crippen LogP contribution in [-0.4, -0.2) is 9.55 Å². The average Bonchev–Trinajstić information content (AvgIpc) is 2.90. The van der Waals surface area contributed by atoms with Crippen LogP contribution in [0.2, 0.25) is 0 Å². The molecular formula is C11H12N2S. The van der Waals surface area contributed by atoms with Gasteiger partial charge in [0.05, 0.1) is 11.0 Å². The second-order valence-electron chi connectivity index (χ2n) is 4.05. The number of H-pyrrole nitrogens is 1. The van der Waals surface area contributed by atoms with Crippen LogP contribution in [0.1, 0.15) is 24.4 Å². The van der Waals surface area contributed by atoms with Crippen LogP contribution in [0.15, 0.2) is 18.2 Å². The van der Waals surface area contributed by atoms with Gasteiger partial charge >= 0.3 is 0 Å². The largest absolute Gasteiger partial charge is 0.331 e. The number of aromatic nitrogens is 2. The van der Waals surface area contributed by atoms with Crippen molar-refractivity contribution in [3.63, 3.8) is 0 Å². The summed E-state index contributed by atoms with van der Waals surface area (Å²) in [7, 11) is 0. The minimum Gasteiger partial charge on any atom is -0.331 e. The molecule has 1 saturated carbocycles. The van der Waals surface area contributed by atoms with Crippen molar-refractivity contribution in [2.45, 2.75) is 25.8 Å². The Morgan fingerprint density at radius 3 is 2.93 bits per heavy atom. The number of hydrogen-bond donors (Lipinski definition) is 1. The molecule has 0 unspecified atom stereocenters. The van der Waals surface area contributed by atoms with Gasteiger partial charge in [-0.25, -0.2) is 0 Å². The van der Waals surface area contributed by atoms with Gasteiger partial charge < -0.3 is 9.55 Å². The monoisotopic (exact) mass is 204 g/mol. The fourth-order valence-corrected chi connectivity index (χ4v) is 2.28. The lowest BCUT2D eigenvalue weighted by molar-refractivity contribution is 0.753. The van der Waals surface area contributed by atoms with Gasteiger partial charge in [0.25, 0.3) is 0 Å². The van der Waals surface area contributed by atoms with E-state index >= 15 is 0 Å². The van der Waals surface area contributed by atoms with Crippen LogP contribution in [0.4, 0.5) is 0 Å². The van der Waals surface area contributed by atoms with Crippen molar-refractivity contribution in [3.05, 3.63) is 28.5 Å². The second-order valence-corrected chi connectivity index (χ2v) is 4.44. The van der Waals surface area contributed by atoms with Crippen molar-refractivity contribution >= 4 is 23.3 Å². The first-order chi connectivity index (χ1) is 6.75. The Morgan fingerprint density at radius 1 is 1.43 bits per heavy atom. The van der Waals surface area contributed by atoms with Crippen molar-refractivity contribution < 1.29 is 0 Å². The van der Waals surface area contributed by atoms with E-state index in [2.05, 4.69) is 34.7 Å². The number of imidazole rings is 1. The molecular weight excluding hydrogens is 192 g/mol. The molecule has 0 bridgehead atoms. The van der Waals surface area contributed by atoms with Gasteiger partial charge in [0.2, 0.25) is 0 Å². The van der Waals surface area contributed by atoms with Gasteiger partial charge in [-0.3, -0.25) is 0 Å². The van der Waals surface area contributed by atoms with Crippen LogP contribution in [0.25, 0.3) is 11.0 Å². The number of aromatic amines is 1. The maximum absolute atomic E-state index is 5.32. The molecule has 1 N–H and O–H groups in total. The summed E-state index contributed by atoms with van der Waals surface area (Å²) in [6.45, 7) is 2.12. The standard InChI is InChI=1S/C11H12N2S/c1-7-2-5-9-10(6-7)13(8-3-4-8)11(14)12-9/h2,5-6,8H,3-4H2,1H3,(H,12,14). The molecule has 0 atom stereocenters. The van der Waals surface area contributed by atoms with Crippen molar-refractivity contribution in [2.24, 2.45) is 0 Å². The van der Waals surface area contributed by atoms with Crippen LogP contribution < -0.4 is 0 Å². The van der Waals surface area contributed by atoms with Gasteiger partial charge in [-0.2, -0.15) is 0 Å². The summed E-state index contributed by atoms with van der Waals surface area (Å²) in [4.78, 5) is 3.25. The van der Waals surface area contributed by atoms with Crippen LogP contribution in [0, 0.1) is 11.7 Å². The summed E-state index contributed by atoms with van der Waals surface area (Å²) in [5.41, 5.74) is 3.71. The fourth-order valence-electron chi connectivity index (χ4n) is 1.93. The Hall–Kier alpha value is -1.09. The molecule has 0 radical (unpaired) electrons. The molecule has 3 rings (SSSR count). The molecule has 0 amide bonds. The predicted molar refractivity (Wildman–Crippen MR) is 60.1 cm³/mol. The summed E-state index contributed by atoms with van der Waals surface area (Å²) in [5, 5.41) is 0. The third kappa shape index (κ3) is 1.12. The first-order valence-electron chi connectivity index (χ1n) is 4.96. The number of benzene rings is 1. The van der Waals surface area contributed by atoms with E-state index in [1.54, 1.807) is 0 Å². The van der Waals surface area contributed by atoms with Crippen molar-refractivity contribution in [2.75, 3.05) is 0 Å². The van der Waals surface area contributed by atoms with E-state index in [0.717, 1.165) is 10.3 Å². The van der Waals surface area contributed by atoms with Crippen LogP contribution in [0.3, 0.4) is 0 Å². The van der Waals surface area contributed by atoms with Crippen molar-refractivity contribution in [1.82, 2.24) is 9.55 Å². The molecule has 0 aliphatic heterocycles. The lowest BCUT2D eigenvalue weighted by Gasteiger charge is -2.01. The Morgan fingerprint density at radius 2 is 2.21 bits per heavy atom. The third-order valence-corrected chi connectivity index (χ3v) is 3.08. The minimum absolute atomic E-state index is 0.651. The smallest absolute Gasteiger partial charge is 0.178 e. The molecule has 2 aromatic rings. The highest BCUT2D eigenvalue weighted by molar-refractivity contribution is 7.71. The zero-order valence-corrected chi connectivity index (χ0v) is 8.90. The van der Waals surface area contributed by atoms with E-state index in [-0.39, 0.29) is 0 Å². The van der Waals surface area contributed by atoms with Crippen molar-refractivity contribution in [3.8, 4) is 0 Å². The first-order valence-corrected chi connectivity index (χ1v) is 5.37. The highest BCUT2D eigenvalue weighted by atomic mass is 32.1. The zero-order chi connectivity index (χ0) is 9.71. The highest BCUT2D eigenvalue weighted by Gasteiger charge is 2.25. The molecule has 1 aliphatic carbocycles. The molecule has 1 fully saturated rings. The van der Waals surface area contributed by atoms with E-state index in [4.69, 9.17) is 12.2 Å². The Labute approximate surface area is 87.6 Å². The van der Waals surface area contributed by atoms with Crippen LogP contribution in [0.5, 0.6) is 0 Å². The molecule has 3 heteroatoms. The van der Waals surface area contributed by atoms with Crippen LogP contribution >= 0.6 is 12.2 Å². The zero-order valence-electron chi connectivity index (χ0n) is 8.08. The van der Waals surface area contributed by atoms with E-state index in [1.165, 1.54) is 23.9 Å².